The van der Waals surface area contributed by atoms with Crippen molar-refractivity contribution in [3.05, 3.63) is 35.9 Å². The molecule has 2 unspecified atom stereocenters. The molecular weight excluding hydrogens is 234 g/mol. The van der Waals surface area contributed by atoms with Gasteiger partial charge in [0.15, 0.2) is 0 Å². The summed E-state index contributed by atoms with van der Waals surface area (Å²) in [4.78, 5) is 4.93. The van der Waals surface area contributed by atoms with Crippen LogP contribution in [-0.4, -0.2) is 55.6 Å². The quantitative estimate of drug-likeness (QED) is 0.873. The van der Waals surface area contributed by atoms with Crippen molar-refractivity contribution in [1.29, 1.82) is 0 Å². The maximum atomic E-state index is 6.02. The number of nitrogens with zero attached hydrogens (tertiary/aromatic N) is 2. The highest BCUT2D eigenvalue weighted by atomic mass is 15.2. The van der Waals surface area contributed by atoms with Gasteiger partial charge in [0.2, 0.25) is 0 Å². The first-order chi connectivity index (χ1) is 9.20. The van der Waals surface area contributed by atoms with Crippen molar-refractivity contribution in [3.63, 3.8) is 0 Å². The third-order valence-electron chi connectivity index (χ3n) is 4.26. The van der Waals surface area contributed by atoms with Gasteiger partial charge < -0.3 is 10.6 Å². The van der Waals surface area contributed by atoms with Crippen LogP contribution >= 0.6 is 0 Å². The number of nitrogens with two attached hydrogens (primary N) is 1. The van der Waals surface area contributed by atoms with Crippen molar-refractivity contribution >= 4 is 0 Å². The Balaban J connectivity index is 1.97. The number of likely N-dealkylation sites (tertiary alicyclic amines) is 1. The fourth-order valence-corrected chi connectivity index (χ4v) is 2.98. The topological polar surface area (TPSA) is 32.5 Å². The minimum absolute atomic E-state index is 0.477. The van der Waals surface area contributed by atoms with Crippen molar-refractivity contribution in [2.24, 2.45) is 5.73 Å². The Kier molecular flexibility index (Phi) is 5.37. The highest BCUT2D eigenvalue weighted by Gasteiger charge is 2.26. The number of hydrogen-bond donors (Lipinski definition) is 1. The molecule has 3 nitrogen and oxygen atoms in total. The van der Waals surface area contributed by atoms with E-state index in [1.807, 2.05) is 0 Å². The Morgan fingerprint density at radius 1 is 1.32 bits per heavy atom. The van der Waals surface area contributed by atoms with Crippen molar-refractivity contribution in [1.82, 2.24) is 9.80 Å². The van der Waals surface area contributed by atoms with E-state index < -0.39 is 0 Å². The molecule has 19 heavy (non-hydrogen) atoms. The minimum Gasteiger partial charge on any atom is -0.329 e. The maximum Gasteiger partial charge on any atom is 0.0259 e. The molecular formula is C16H27N3. The Morgan fingerprint density at radius 2 is 2.05 bits per heavy atom. The molecule has 0 amide bonds. The zero-order valence-corrected chi connectivity index (χ0v) is 12.3. The van der Waals surface area contributed by atoms with Crippen LogP contribution in [0.3, 0.4) is 0 Å². The summed E-state index contributed by atoms with van der Waals surface area (Å²) in [5, 5.41) is 0. The molecule has 1 fully saturated rings. The van der Waals surface area contributed by atoms with Gasteiger partial charge in [-0.2, -0.15) is 0 Å². The highest BCUT2D eigenvalue weighted by Crippen LogP contribution is 2.18. The fraction of sp³-hybridized carbons (Fsp3) is 0.625. The van der Waals surface area contributed by atoms with Crippen LogP contribution in [-0.2, 0) is 6.42 Å². The molecule has 0 radical (unpaired) electrons. The van der Waals surface area contributed by atoms with Gasteiger partial charge in [-0.1, -0.05) is 30.3 Å². The van der Waals surface area contributed by atoms with Crippen LogP contribution in [0.4, 0.5) is 0 Å². The molecule has 0 aromatic heterocycles. The number of likely N-dealkylation sites (N-methyl/N-ethyl adjacent to an activating group) is 1. The molecule has 2 N–H and O–H groups in total. The van der Waals surface area contributed by atoms with Crippen LogP contribution in [0.25, 0.3) is 0 Å². The molecule has 0 spiro atoms. The molecule has 1 aromatic carbocycles. The predicted octanol–water partition coefficient (Wildman–Crippen LogP) is 1.58. The molecule has 1 aliphatic rings. The van der Waals surface area contributed by atoms with Gasteiger partial charge in [-0.3, -0.25) is 4.90 Å². The summed E-state index contributed by atoms with van der Waals surface area (Å²) >= 11 is 0. The van der Waals surface area contributed by atoms with Gasteiger partial charge in [-0.15, -0.1) is 0 Å². The molecule has 2 atom stereocenters. The van der Waals surface area contributed by atoms with Gasteiger partial charge in [0.05, 0.1) is 0 Å². The van der Waals surface area contributed by atoms with Gasteiger partial charge in [-0.25, -0.2) is 0 Å². The summed E-state index contributed by atoms with van der Waals surface area (Å²) in [5.41, 5.74) is 7.41. The summed E-state index contributed by atoms with van der Waals surface area (Å²) < 4.78 is 0. The van der Waals surface area contributed by atoms with Crippen molar-refractivity contribution in [2.75, 3.05) is 33.7 Å². The second-order valence-corrected chi connectivity index (χ2v) is 5.83. The van der Waals surface area contributed by atoms with Crippen LogP contribution in [0.15, 0.2) is 30.3 Å². The number of rotatable bonds is 5. The highest BCUT2D eigenvalue weighted by molar-refractivity contribution is 5.16. The lowest BCUT2D eigenvalue weighted by molar-refractivity contribution is 0.0983. The van der Waals surface area contributed by atoms with E-state index in [2.05, 4.69) is 54.2 Å². The van der Waals surface area contributed by atoms with Gasteiger partial charge in [0.25, 0.3) is 0 Å². The first kappa shape index (κ1) is 14.5. The fourth-order valence-electron chi connectivity index (χ4n) is 2.98. The average Bonchev–Trinajstić information content (AvgIpc) is 2.46. The van der Waals surface area contributed by atoms with E-state index in [0.717, 1.165) is 19.5 Å². The normalized spacial score (nSPS) is 22.6. The van der Waals surface area contributed by atoms with E-state index in [1.54, 1.807) is 0 Å². The Hall–Kier alpha value is -0.900. The van der Waals surface area contributed by atoms with Gasteiger partial charge in [-0.05, 0) is 45.5 Å². The van der Waals surface area contributed by atoms with Gasteiger partial charge in [0, 0.05) is 25.2 Å². The molecule has 106 valence electrons. The Bertz CT molecular complexity index is 364. The number of piperidine rings is 1. The molecule has 0 bridgehead atoms. The van der Waals surface area contributed by atoms with Crippen molar-refractivity contribution in [2.45, 2.75) is 31.3 Å². The third kappa shape index (κ3) is 4.03. The van der Waals surface area contributed by atoms with Gasteiger partial charge >= 0.3 is 0 Å². The molecule has 1 aliphatic heterocycles. The summed E-state index contributed by atoms with van der Waals surface area (Å²) in [5.74, 6) is 0. The van der Waals surface area contributed by atoms with Crippen molar-refractivity contribution in [3.8, 4) is 0 Å². The lowest BCUT2D eigenvalue weighted by Crippen LogP contribution is -2.52. The zero-order chi connectivity index (χ0) is 13.7. The second kappa shape index (κ2) is 7.04. The Labute approximate surface area is 117 Å². The van der Waals surface area contributed by atoms with Crippen LogP contribution < -0.4 is 5.73 Å². The van der Waals surface area contributed by atoms with Crippen molar-refractivity contribution < 1.29 is 0 Å². The molecule has 0 saturated carbocycles. The lowest BCUT2D eigenvalue weighted by atomic mass is 9.99. The summed E-state index contributed by atoms with van der Waals surface area (Å²) in [6.45, 7) is 3.09. The molecule has 1 heterocycles. The van der Waals surface area contributed by atoms with E-state index >= 15 is 0 Å². The lowest BCUT2D eigenvalue weighted by Gasteiger charge is -2.40. The second-order valence-electron chi connectivity index (χ2n) is 5.83. The average molecular weight is 261 g/mol. The SMILES string of the molecule is CN(C)C1CCCN(C(CN)Cc2ccccc2)C1. The maximum absolute atomic E-state index is 6.02. The molecule has 2 rings (SSSR count). The standard InChI is InChI=1S/C16H27N3/c1-18(2)15-9-6-10-19(13-15)16(12-17)11-14-7-4-3-5-8-14/h3-5,7-8,15-16H,6,9-13,17H2,1-2H3. The smallest absolute Gasteiger partial charge is 0.0259 e. The third-order valence-corrected chi connectivity index (χ3v) is 4.26. The summed E-state index contributed by atoms with van der Waals surface area (Å²) in [6, 6.07) is 11.9. The molecule has 1 saturated heterocycles. The van der Waals surface area contributed by atoms with E-state index in [4.69, 9.17) is 5.73 Å². The summed E-state index contributed by atoms with van der Waals surface area (Å²) in [6.07, 6.45) is 3.66. The van der Waals surface area contributed by atoms with E-state index in [1.165, 1.54) is 24.9 Å². The van der Waals surface area contributed by atoms with Crippen LogP contribution in [0.1, 0.15) is 18.4 Å². The van der Waals surface area contributed by atoms with Gasteiger partial charge in [0.1, 0.15) is 0 Å². The van der Waals surface area contributed by atoms with Crippen LogP contribution in [0.2, 0.25) is 0 Å². The van der Waals surface area contributed by atoms with E-state index in [9.17, 15) is 0 Å². The zero-order valence-electron chi connectivity index (χ0n) is 12.3. The van der Waals surface area contributed by atoms with Crippen LogP contribution in [0, 0.1) is 0 Å². The van der Waals surface area contributed by atoms with Crippen LogP contribution in [0.5, 0.6) is 0 Å². The monoisotopic (exact) mass is 261 g/mol. The first-order valence-electron chi connectivity index (χ1n) is 7.35. The molecule has 1 aromatic rings. The molecule has 0 aliphatic carbocycles. The number of benzene rings is 1. The van der Waals surface area contributed by atoms with E-state index in [-0.39, 0.29) is 0 Å². The predicted molar refractivity (Wildman–Crippen MR) is 81.3 cm³/mol. The van der Waals surface area contributed by atoms with E-state index in [0.29, 0.717) is 12.1 Å². The Morgan fingerprint density at radius 3 is 2.68 bits per heavy atom. The summed E-state index contributed by atoms with van der Waals surface area (Å²) in [7, 11) is 4.37. The largest absolute Gasteiger partial charge is 0.329 e. The molecule has 3 heteroatoms. The number of hydrogen-bond acceptors (Lipinski definition) is 3. The first-order valence-corrected chi connectivity index (χ1v) is 7.35. The minimum atomic E-state index is 0.477.